The molecule has 0 radical (unpaired) electrons. The summed E-state index contributed by atoms with van der Waals surface area (Å²) < 4.78 is 2.11. The van der Waals surface area contributed by atoms with E-state index in [9.17, 15) is 4.79 Å². The van der Waals surface area contributed by atoms with Gasteiger partial charge in [0.1, 0.15) is 5.82 Å². The third-order valence-corrected chi connectivity index (χ3v) is 3.46. The van der Waals surface area contributed by atoms with Gasteiger partial charge < -0.3 is 9.67 Å². The van der Waals surface area contributed by atoms with E-state index in [1.165, 1.54) is 0 Å². The lowest BCUT2D eigenvalue weighted by atomic mass is 10.1. The molecule has 2 rings (SSSR count). The molecule has 1 aromatic rings. The summed E-state index contributed by atoms with van der Waals surface area (Å²) in [5.41, 5.74) is 0. The number of nitrogens with zero attached hydrogens (tertiary/aromatic N) is 3. The largest absolute Gasteiger partial charge is 0.481 e. The molecule has 0 aliphatic carbocycles. The summed E-state index contributed by atoms with van der Waals surface area (Å²) in [6.45, 7) is 4.81. The van der Waals surface area contributed by atoms with E-state index in [0.29, 0.717) is 0 Å². The molecule has 1 saturated heterocycles. The number of carboxylic acids is 1. The summed E-state index contributed by atoms with van der Waals surface area (Å²) in [6, 6.07) is 0.219. The Morgan fingerprint density at radius 1 is 1.59 bits per heavy atom. The van der Waals surface area contributed by atoms with Crippen LogP contribution in [0.15, 0.2) is 12.4 Å². The highest BCUT2D eigenvalue weighted by Gasteiger charge is 2.26. The van der Waals surface area contributed by atoms with Gasteiger partial charge in [0.05, 0.1) is 6.42 Å². The Bertz CT molecular complexity index is 389. The van der Waals surface area contributed by atoms with Crippen molar-refractivity contribution in [3.63, 3.8) is 0 Å². The molecule has 0 spiro atoms. The number of aryl methyl sites for hydroxylation is 1. The van der Waals surface area contributed by atoms with Crippen LogP contribution in [-0.4, -0.2) is 44.7 Å². The van der Waals surface area contributed by atoms with Crippen molar-refractivity contribution >= 4 is 5.97 Å². The van der Waals surface area contributed by atoms with Crippen molar-refractivity contribution in [1.29, 1.82) is 0 Å². The van der Waals surface area contributed by atoms with E-state index in [-0.39, 0.29) is 12.5 Å². The molecule has 1 aliphatic rings. The molecule has 5 heteroatoms. The fraction of sp³-hybridized carbons (Fsp3) is 0.667. The molecule has 1 atom stereocenters. The number of carboxylic acid groups (broad SMARTS) is 1. The molecule has 1 N–H and O–H groups in total. The summed E-state index contributed by atoms with van der Waals surface area (Å²) >= 11 is 0. The minimum absolute atomic E-state index is 0.219. The third-order valence-electron chi connectivity index (χ3n) is 3.46. The van der Waals surface area contributed by atoms with Crippen LogP contribution >= 0.6 is 0 Å². The third kappa shape index (κ3) is 3.06. The second-order valence-corrected chi connectivity index (χ2v) is 4.60. The Hall–Kier alpha value is -1.36. The van der Waals surface area contributed by atoms with Crippen LogP contribution in [0.25, 0.3) is 0 Å². The van der Waals surface area contributed by atoms with E-state index >= 15 is 0 Å². The topological polar surface area (TPSA) is 58.4 Å². The van der Waals surface area contributed by atoms with Crippen molar-refractivity contribution < 1.29 is 9.90 Å². The number of aromatic nitrogens is 2. The molecule has 1 aromatic heterocycles. The average Bonchev–Trinajstić information content (AvgIpc) is 2.84. The standard InChI is InChI=1S/C12H19N3O2/c1-10-13-4-6-14(10)7-8-15-5-2-3-11(15)9-12(16)17/h4,6,11H,2-3,5,7-9H2,1H3,(H,16,17). The molecule has 94 valence electrons. The zero-order valence-electron chi connectivity index (χ0n) is 10.2. The van der Waals surface area contributed by atoms with Crippen LogP contribution in [0.5, 0.6) is 0 Å². The molecular formula is C12H19N3O2. The van der Waals surface area contributed by atoms with Crippen molar-refractivity contribution in [2.45, 2.75) is 38.8 Å². The molecule has 2 heterocycles. The Morgan fingerprint density at radius 2 is 2.41 bits per heavy atom. The maximum Gasteiger partial charge on any atom is 0.304 e. The van der Waals surface area contributed by atoms with Crippen LogP contribution in [0.3, 0.4) is 0 Å². The molecule has 1 unspecified atom stereocenters. The van der Waals surface area contributed by atoms with Crippen molar-refractivity contribution in [2.75, 3.05) is 13.1 Å². The van der Waals surface area contributed by atoms with Gasteiger partial charge in [-0.1, -0.05) is 0 Å². The number of carbonyl (C=O) groups is 1. The quantitative estimate of drug-likeness (QED) is 0.834. The molecule has 1 aliphatic heterocycles. The molecule has 0 bridgehead atoms. The Morgan fingerprint density at radius 3 is 3.06 bits per heavy atom. The molecule has 17 heavy (non-hydrogen) atoms. The minimum atomic E-state index is -0.694. The van der Waals surface area contributed by atoms with Gasteiger partial charge in [-0.15, -0.1) is 0 Å². The maximum atomic E-state index is 10.7. The lowest BCUT2D eigenvalue weighted by Crippen LogP contribution is -2.34. The fourth-order valence-electron chi connectivity index (χ4n) is 2.50. The molecule has 0 saturated carbocycles. The van der Waals surface area contributed by atoms with Gasteiger partial charge in [-0.2, -0.15) is 0 Å². The summed E-state index contributed by atoms with van der Waals surface area (Å²) in [7, 11) is 0. The van der Waals surface area contributed by atoms with Gasteiger partial charge in [0.25, 0.3) is 0 Å². The number of rotatable bonds is 5. The second kappa shape index (κ2) is 5.31. The van der Waals surface area contributed by atoms with Crippen molar-refractivity contribution in [2.24, 2.45) is 0 Å². The maximum absolute atomic E-state index is 10.7. The average molecular weight is 237 g/mol. The van der Waals surface area contributed by atoms with Crippen LogP contribution in [0, 0.1) is 6.92 Å². The van der Waals surface area contributed by atoms with E-state index in [1.54, 1.807) is 6.20 Å². The number of imidazole rings is 1. The van der Waals surface area contributed by atoms with Crippen molar-refractivity contribution in [3.8, 4) is 0 Å². The monoisotopic (exact) mass is 237 g/mol. The first-order chi connectivity index (χ1) is 8.16. The Kier molecular flexibility index (Phi) is 3.78. The van der Waals surface area contributed by atoms with Gasteiger partial charge in [0.15, 0.2) is 0 Å². The van der Waals surface area contributed by atoms with Gasteiger partial charge >= 0.3 is 5.97 Å². The van der Waals surface area contributed by atoms with E-state index in [1.807, 2.05) is 13.1 Å². The number of hydrogen-bond donors (Lipinski definition) is 1. The van der Waals surface area contributed by atoms with E-state index in [0.717, 1.165) is 38.3 Å². The highest BCUT2D eigenvalue weighted by molar-refractivity contribution is 5.67. The van der Waals surface area contributed by atoms with Crippen LogP contribution < -0.4 is 0 Å². The van der Waals surface area contributed by atoms with Crippen LogP contribution in [0.2, 0.25) is 0 Å². The first kappa shape index (κ1) is 12.1. The normalized spacial score (nSPS) is 20.9. The Balaban J connectivity index is 1.86. The summed E-state index contributed by atoms with van der Waals surface area (Å²) in [5.74, 6) is 0.319. The SMILES string of the molecule is Cc1nccn1CCN1CCCC1CC(=O)O. The fourth-order valence-corrected chi connectivity index (χ4v) is 2.50. The zero-order chi connectivity index (χ0) is 12.3. The van der Waals surface area contributed by atoms with Gasteiger partial charge in [-0.05, 0) is 26.3 Å². The van der Waals surface area contributed by atoms with Crippen LogP contribution in [0.1, 0.15) is 25.1 Å². The van der Waals surface area contributed by atoms with Gasteiger partial charge in [0, 0.05) is 31.5 Å². The first-order valence-corrected chi connectivity index (χ1v) is 6.10. The highest BCUT2D eigenvalue weighted by Crippen LogP contribution is 2.19. The summed E-state index contributed by atoms with van der Waals surface area (Å²) in [4.78, 5) is 17.2. The number of likely N-dealkylation sites (tertiary alicyclic amines) is 1. The molecule has 0 amide bonds. The second-order valence-electron chi connectivity index (χ2n) is 4.60. The predicted octanol–water partition coefficient (Wildman–Crippen LogP) is 1.13. The highest BCUT2D eigenvalue weighted by atomic mass is 16.4. The summed E-state index contributed by atoms with van der Waals surface area (Å²) in [6.07, 6.45) is 6.16. The van der Waals surface area contributed by atoms with Gasteiger partial charge in [-0.25, -0.2) is 4.98 Å². The van der Waals surface area contributed by atoms with Gasteiger partial charge in [0.2, 0.25) is 0 Å². The van der Waals surface area contributed by atoms with E-state index < -0.39 is 5.97 Å². The molecule has 1 fully saturated rings. The van der Waals surface area contributed by atoms with Crippen molar-refractivity contribution in [1.82, 2.24) is 14.5 Å². The first-order valence-electron chi connectivity index (χ1n) is 6.10. The number of aliphatic carboxylic acids is 1. The minimum Gasteiger partial charge on any atom is -0.481 e. The predicted molar refractivity (Wildman–Crippen MR) is 63.8 cm³/mol. The van der Waals surface area contributed by atoms with E-state index in [2.05, 4.69) is 14.5 Å². The van der Waals surface area contributed by atoms with E-state index in [4.69, 9.17) is 5.11 Å². The van der Waals surface area contributed by atoms with Gasteiger partial charge in [-0.3, -0.25) is 9.69 Å². The Labute approximate surface area is 101 Å². The molecule has 5 nitrogen and oxygen atoms in total. The lowest BCUT2D eigenvalue weighted by Gasteiger charge is -2.23. The molecule has 0 aromatic carbocycles. The molecular weight excluding hydrogens is 218 g/mol. The van der Waals surface area contributed by atoms with Crippen LogP contribution in [0.4, 0.5) is 0 Å². The summed E-state index contributed by atoms with van der Waals surface area (Å²) in [5, 5.41) is 8.85. The van der Waals surface area contributed by atoms with Crippen LogP contribution in [-0.2, 0) is 11.3 Å². The lowest BCUT2D eigenvalue weighted by molar-refractivity contribution is -0.138. The van der Waals surface area contributed by atoms with Crippen molar-refractivity contribution in [3.05, 3.63) is 18.2 Å². The number of hydrogen-bond acceptors (Lipinski definition) is 3. The smallest absolute Gasteiger partial charge is 0.304 e. The zero-order valence-corrected chi connectivity index (χ0v) is 10.2.